The van der Waals surface area contributed by atoms with Crippen LogP contribution < -0.4 is 11.1 Å². The van der Waals surface area contributed by atoms with Crippen molar-refractivity contribution in [1.29, 1.82) is 0 Å². The van der Waals surface area contributed by atoms with Gasteiger partial charge in [-0.05, 0) is 94.2 Å². The molecule has 3 saturated heterocycles. The Morgan fingerprint density at radius 2 is 1.59 bits per heavy atom. The summed E-state index contributed by atoms with van der Waals surface area (Å²) in [5.74, 6) is -1.31. The van der Waals surface area contributed by atoms with Gasteiger partial charge in [-0.15, -0.1) is 0 Å². The van der Waals surface area contributed by atoms with Crippen molar-refractivity contribution < 1.29 is 47.3 Å². The number of nitrogens with zero attached hydrogens (tertiary/aromatic N) is 5. The first-order valence-corrected chi connectivity index (χ1v) is 20.7. The van der Waals surface area contributed by atoms with Gasteiger partial charge in [-0.25, -0.2) is 19.2 Å². The minimum absolute atomic E-state index is 0.00848. The first kappa shape index (κ1) is 41.6. The average molecular weight is 819 g/mol. The number of nitrogens with one attached hydrogen (secondary N) is 1. The molecule has 4 aliphatic heterocycles. The molecular formula is C42H54N6O11. The topological polar surface area (TPSA) is 182 Å². The van der Waals surface area contributed by atoms with Crippen LogP contribution in [0.3, 0.4) is 0 Å². The molecule has 17 nitrogen and oxygen atoms in total. The third kappa shape index (κ3) is 9.34. The van der Waals surface area contributed by atoms with Gasteiger partial charge in [0.25, 0.3) is 5.91 Å². The molecule has 5 heterocycles. The Morgan fingerprint density at radius 1 is 0.881 bits per heavy atom. The second kappa shape index (κ2) is 18.1. The number of hydrogen-bond donors (Lipinski definition) is 1. The monoisotopic (exact) mass is 818 g/mol. The number of oxazole rings is 1. The highest BCUT2D eigenvalue weighted by Crippen LogP contribution is 2.30. The van der Waals surface area contributed by atoms with E-state index >= 15 is 0 Å². The predicted molar refractivity (Wildman–Crippen MR) is 214 cm³/mol. The molecule has 3 fully saturated rings. The molecule has 0 bridgehead atoms. The maximum absolute atomic E-state index is 14.4. The van der Waals surface area contributed by atoms with Gasteiger partial charge < -0.3 is 43.4 Å². The second-order valence-corrected chi connectivity index (χ2v) is 15.8. The van der Waals surface area contributed by atoms with Gasteiger partial charge >= 0.3 is 30.0 Å². The number of carbonyl (C=O) groups excluding carboxylic acids is 5. The summed E-state index contributed by atoms with van der Waals surface area (Å²) in [6.07, 6.45) is 0.740. The number of piperidine rings is 2. The summed E-state index contributed by atoms with van der Waals surface area (Å²) in [4.78, 5) is 85.9. The van der Waals surface area contributed by atoms with Gasteiger partial charge in [-0.1, -0.05) is 24.3 Å². The number of aryl methyl sites for hydroxylation is 2. The van der Waals surface area contributed by atoms with Crippen LogP contribution in [0.2, 0.25) is 0 Å². The number of rotatable bonds is 10. The van der Waals surface area contributed by atoms with Crippen molar-refractivity contribution in [3.8, 4) is 0 Å². The van der Waals surface area contributed by atoms with Crippen molar-refractivity contribution in [1.82, 2.24) is 24.2 Å². The molecule has 7 rings (SSSR count). The van der Waals surface area contributed by atoms with Gasteiger partial charge in [-0.2, -0.15) is 0 Å². The van der Waals surface area contributed by atoms with Crippen molar-refractivity contribution in [2.75, 3.05) is 51.2 Å². The third-order valence-corrected chi connectivity index (χ3v) is 12.0. The number of likely N-dealkylation sites (tertiary alicyclic amines) is 3. The summed E-state index contributed by atoms with van der Waals surface area (Å²) in [7, 11) is 1.63. The standard InChI is InChI=1S/C42H54N6O11/c1-5-55-42(54)57-27(3)56-38(50)33-11-8-17-47(33)30-13-18-45(19-14-30)37(49)35(25-28-23-26(2)36-34(24-28)58-40(52)44(36)4)59-41(53)46-20-15-31(16-21-46)48-22-12-29-9-6-7-10-32(29)43-39(48)51/h6-7,9-10,23-24,27,30-31,33,35H,5,8,11-22,25H2,1-4H3,(H,43,51)/t27?,33-,35-/m1/s1. The number of hydrogen-bond acceptors (Lipinski definition) is 12. The Balaban J connectivity index is 0.996. The number of urea groups is 1. The number of esters is 1. The normalized spacial score (nSPS) is 20.4. The van der Waals surface area contributed by atoms with Crippen molar-refractivity contribution in [3.63, 3.8) is 0 Å². The van der Waals surface area contributed by atoms with E-state index in [1.54, 1.807) is 29.8 Å². The van der Waals surface area contributed by atoms with Gasteiger partial charge in [-0.3, -0.25) is 19.1 Å². The van der Waals surface area contributed by atoms with Crippen LogP contribution in [0, 0.1) is 6.92 Å². The lowest BCUT2D eigenvalue weighted by molar-refractivity contribution is -0.174. The van der Waals surface area contributed by atoms with E-state index in [0.717, 1.165) is 29.7 Å². The van der Waals surface area contributed by atoms with E-state index in [1.165, 1.54) is 11.5 Å². The molecule has 3 atom stereocenters. The smallest absolute Gasteiger partial charge is 0.436 e. The van der Waals surface area contributed by atoms with Crippen molar-refractivity contribution >= 4 is 46.9 Å². The Bertz CT molecular complexity index is 2100. The summed E-state index contributed by atoms with van der Waals surface area (Å²) in [5, 5.41) is 3.03. The fourth-order valence-electron chi connectivity index (χ4n) is 9.04. The van der Waals surface area contributed by atoms with E-state index in [0.29, 0.717) is 88.0 Å². The van der Waals surface area contributed by atoms with Crippen molar-refractivity contribution in [2.45, 2.75) is 103 Å². The first-order valence-electron chi connectivity index (χ1n) is 20.7. The molecule has 1 N–H and O–H groups in total. The molecule has 4 aliphatic rings. The SMILES string of the molecule is CCOC(=O)OC(C)OC(=O)[C@H]1CCCN1C1CCN(C(=O)[C@@H](Cc2cc(C)c3c(c2)oc(=O)n3C)OC(=O)N2CCC(N3CCc4ccccc4NC3=O)CC2)CC1. The number of carbonyl (C=O) groups is 5. The van der Waals surface area contributed by atoms with Gasteiger partial charge in [0.05, 0.1) is 12.1 Å². The summed E-state index contributed by atoms with van der Waals surface area (Å²) in [6.45, 7) is 7.87. The van der Waals surface area contributed by atoms with Crippen LogP contribution in [0.5, 0.6) is 0 Å². The Hall–Kier alpha value is -5.58. The Morgan fingerprint density at radius 3 is 2.34 bits per heavy atom. The number of amides is 4. The molecular weight excluding hydrogens is 764 g/mol. The minimum atomic E-state index is -1.16. The maximum atomic E-state index is 14.4. The van der Waals surface area contributed by atoms with Gasteiger partial charge in [0, 0.05) is 70.9 Å². The first-order chi connectivity index (χ1) is 28.4. The number of ether oxygens (including phenoxy) is 4. The van der Waals surface area contributed by atoms with Crippen LogP contribution in [-0.4, -0.2) is 131 Å². The molecule has 318 valence electrons. The molecule has 3 aromatic rings. The van der Waals surface area contributed by atoms with Crippen LogP contribution in [0.15, 0.2) is 45.6 Å². The highest BCUT2D eigenvalue weighted by atomic mass is 16.8. The molecule has 0 spiro atoms. The number of anilines is 1. The summed E-state index contributed by atoms with van der Waals surface area (Å²) in [6, 6.07) is 10.7. The average Bonchev–Trinajstić information content (AvgIpc) is 3.77. The molecule has 59 heavy (non-hydrogen) atoms. The molecule has 4 amide bonds. The minimum Gasteiger partial charge on any atom is -0.436 e. The van der Waals surface area contributed by atoms with E-state index in [4.69, 9.17) is 23.4 Å². The predicted octanol–water partition coefficient (Wildman–Crippen LogP) is 4.56. The van der Waals surface area contributed by atoms with E-state index in [1.807, 2.05) is 42.2 Å². The van der Waals surface area contributed by atoms with Crippen LogP contribution >= 0.6 is 0 Å². The lowest BCUT2D eigenvalue weighted by Gasteiger charge is -2.40. The quantitative estimate of drug-likeness (QED) is 0.171. The van der Waals surface area contributed by atoms with Crippen molar-refractivity contribution in [3.05, 3.63) is 63.6 Å². The zero-order valence-electron chi connectivity index (χ0n) is 34.2. The molecule has 2 aromatic carbocycles. The molecule has 17 heteroatoms. The third-order valence-electron chi connectivity index (χ3n) is 12.0. The number of benzene rings is 2. The van der Waals surface area contributed by atoms with Crippen molar-refractivity contribution in [2.24, 2.45) is 7.05 Å². The maximum Gasteiger partial charge on any atom is 0.511 e. The lowest BCUT2D eigenvalue weighted by Crippen LogP contribution is -2.53. The summed E-state index contributed by atoms with van der Waals surface area (Å²) >= 11 is 0. The van der Waals surface area contributed by atoms with Crippen LogP contribution in [0.4, 0.5) is 20.1 Å². The van der Waals surface area contributed by atoms with Crippen LogP contribution in [0.25, 0.3) is 11.1 Å². The molecule has 1 unspecified atom stereocenters. The molecule has 1 aromatic heterocycles. The highest BCUT2D eigenvalue weighted by molar-refractivity contribution is 5.91. The zero-order chi connectivity index (χ0) is 41.8. The van der Waals surface area contributed by atoms with E-state index in [9.17, 15) is 28.8 Å². The Labute approximate surface area is 342 Å². The lowest BCUT2D eigenvalue weighted by atomic mass is 9.99. The second-order valence-electron chi connectivity index (χ2n) is 15.8. The molecule has 0 radical (unpaired) electrons. The van der Waals surface area contributed by atoms with E-state index < -0.39 is 42.4 Å². The summed E-state index contributed by atoms with van der Waals surface area (Å²) in [5.41, 5.74) is 4.40. The summed E-state index contributed by atoms with van der Waals surface area (Å²) < 4.78 is 28.2. The fourth-order valence-corrected chi connectivity index (χ4v) is 9.04. The number of para-hydroxylation sites is 1. The zero-order valence-corrected chi connectivity index (χ0v) is 34.2. The van der Waals surface area contributed by atoms with Crippen LogP contribution in [-0.2, 0) is 48.4 Å². The molecule has 0 saturated carbocycles. The van der Waals surface area contributed by atoms with Crippen LogP contribution in [0.1, 0.15) is 69.1 Å². The highest BCUT2D eigenvalue weighted by Gasteiger charge is 2.41. The van der Waals surface area contributed by atoms with E-state index in [2.05, 4.69) is 10.2 Å². The van der Waals surface area contributed by atoms with Gasteiger partial charge in [0.2, 0.25) is 6.29 Å². The molecule has 0 aliphatic carbocycles. The fraction of sp³-hybridized carbons (Fsp3) is 0.571. The van der Waals surface area contributed by atoms with Gasteiger partial charge in [0.1, 0.15) is 6.04 Å². The Kier molecular flexibility index (Phi) is 12.8. The van der Waals surface area contributed by atoms with Gasteiger partial charge in [0.15, 0.2) is 11.7 Å². The largest absolute Gasteiger partial charge is 0.511 e. The number of fused-ring (bicyclic) bond motifs is 2. The number of aromatic nitrogens is 1. The van der Waals surface area contributed by atoms with E-state index in [-0.39, 0.29) is 37.0 Å².